The molecule has 10 heteroatoms. The van der Waals surface area contributed by atoms with Crippen molar-refractivity contribution < 1.29 is 33.0 Å². The van der Waals surface area contributed by atoms with Gasteiger partial charge in [0.2, 0.25) is 0 Å². The number of hydrogen-bond acceptors (Lipinski definition) is 6. The molecule has 1 fully saturated rings. The summed E-state index contributed by atoms with van der Waals surface area (Å²) in [6.07, 6.45) is 1.48. The summed E-state index contributed by atoms with van der Waals surface area (Å²) in [5.41, 5.74) is 0.501. The molecule has 1 heterocycles. The van der Waals surface area contributed by atoms with Crippen molar-refractivity contribution in [3.05, 3.63) is 28.7 Å². The highest BCUT2D eigenvalue weighted by Gasteiger charge is 2.33. The summed E-state index contributed by atoms with van der Waals surface area (Å²) in [7, 11) is 0. The van der Waals surface area contributed by atoms with Crippen LogP contribution in [0.25, 0.3) is 6.08 Å². The highest BCUT2D eigenvalue weighted by atomic mass is 32.2. The Morgan fingerprint density at radius 2 is 2.16 bits per heavy atom. The number of halogens is 2. The number of amides is 1. The van der Waals surface area contributed by atoms with Gasteiger partial charge in [-0.05, 0) is 30.7 Å². The van der Waals surface area contributed by atoms with Gasteiger partial charge in [0.15, 0.2) is 11.5 Å². The second-order valence-corrected chi connectivity index (χ2v) is 6.36. The molecular weight excluding hydrogens is 376 g/mol. The number of ether oxygens (including phenoxy) is 2. The van der Waals surface area contributed by atoms with Gasteiger partial charge in [-0.1, -0.05) is 30.0 Å². The van der Waals surface area contributed by atoms with Crippen molar-refractivity contribution in [1.29, 1.82) is 0 Å². The van der Waals surface area contributed by atoms with E-state index in [0.717, 1.165) is 16.7 Å². The van der Waals surface area contributed by atoms with Crippen LogP contribution in [0.1, 0.15) is 12.5 Å². The summed E-state index contributed by atoms with van der Waals surface area (Å²) in [5, 5.41) is 8.81. The van der Waals surface area contributed by atoms with Gasteiger partial charge in [0.05, 0.1) is 11.5 Å². The minimum absolute atomic E-state index is 0.109. The van der Waals surface area contributed by atoms with Gasteiger partial charge >= 0.3 is 12.6 Å². The van der Waals surface area contributed by atoms with Crippen LogP contribution in [0.2, 0.25) is 0 Å². The van der Waals surface area contributed by atoms with Crippen molar-refractivity contribution >= 4 is 46.3 Å². The van der Waals surface area contributed by atoms with E-state index in [2.05, 4.69) is 4.74 Å². The maximum absolute atomic E-state index is 12.4. The molecule has 0 unspecified atom stereocenters. The lowest BCUT2D eigenvalue weighted by atomic mass is 10.2. The topological polar surface area (TPSA) is 76.1 Å². The third-order valence-corrected chi connectivity index (χ3v) is 4.33. The first-order valence-corrected chi connectivity index (χ1v) is 8.23. The smallest absolute Gasteiger partial charge is 0.387 e. The lowest BCUT2D eigenvalue weighted by Crippen LogP contribution is -2.33. The number of thiocarbonyl (C=S) groups is 1. The highest BCUT2D eigenvalue weighted by molar-refractivity contribution is 8.26. The van der Waals surface area contributed by atoms with Gasteiger partial charge in [-0.15, -0.1) is 0 Å². The molecule has 2 rings (SSSR count). The molecule has 1 amide bonds. The molecule has 1 aliphatic rings. The van der Waals surface area contributed by atoms with Crippen LogP contribution in [0.3, 0.4) is 0 Å². The van der Waals surface area contributed by atoms with E-state index in [1.807, 2.05) is 0 Å². The number of carbonyl (C=O) groups is 2. The fraction of sp³-hybridized carbons (Fsp3) is 0.267. The number of benzene rings is 1. The first-order valence-electron chi connectivity index (χ1n) is 7.00. The van der Waals surface area contributed by atoms with E-state index in [0.29, 0.717) is 5.56 Å². The molecule has 0 bridgehead atoms. The van der Waals surface area contributed by atoms with E-state index >= 15 is 0 Å². The van der Waals surface area contributed by atoms with Crippen LogP contribution in [-0.4, -0.2) is 46.0 Å². The number of carboxylic acids is 1. The maximum Gasteiger partial charge on any atom is 0.387 e. The molecule has 0 aromatic heterocycles. The molecule has 0 saturated carbocycles. The van der Waals surface area contributed by atoms with Gasteiger partial charge in [0.25, 0.3) is 5.91 Å². The standard InChI is InChI=1S/C15H13F2NO5S2/c1-2-22-10-5-8(3-4-9(10)23-14(16)17)6-11-13(21)18(7-12(19)20)15(24)25-11/h3-6,14H,2,7H2,1H3,(H,19,20)/b11-6+. The number of rotatable bonds is 7. The second-order valence-electron chi connectivity index (χ2n) is 4.68. The lowest BCUT2D eigenvalue weighted by molar-refractivity contribution is -0.140. The van der Waals surface area contributed by atoms with Crippen LogP contribution in [0.4, 0.5) is 8.78 Å². The fourth-order valence-corrected chi connectivity index (χ4v) is 3.25. The molecule has 6 nitrogen and oxygen atoms in total. The highest BCUT2D eigenvalue weighted by Crippen LogP contribution is 2.35. The van der Waals surface area contributed by atoms with Crippen LogP contribution in [0, 0.1) is 0 Å². The monoisotopic (exact) mass is 389 g/mol. The van der Waals surface area contributed by atoms with Crippen LogP contribution in [0.15, 0.2) is 23.1 Å². The average molecular weight is 389 g/mol. The van der Waals surface area contributed by atoms with Gasteiger partial charge in [0.1, 0.15) is 10.9 Å². The van der Waals surface area contributed by atoms with Crippen molar-refractivity contribution in [3.8, 4) is 11.5 Å². The van der Waals surface area contributed by atoms with Gasteiger partial charge in [0, 0.05) is 0 Å². The molecular formula is C15H13F2NO5S2. The van der Waals surface area contributed by atoms with Crippen molar-refractivity contribution in [1.82, 2.24) is 4.90 Å². The van der Waals surface area contributed by atoms with Crippen LogP contribution >= 0.6 is 24.0 Å². The average Bonchev–Trinajstić information content (AvgIpc) is 2.77. The van der Waals surface area contributed by atoms with Gasteiger partial charge in [-0.25, -0.2) is 0 Å². The van der Waals surface area contributed by atoms with Gasteiger partial charge in [-0.3, -0.25) is 14.5 Å². The van der Waals surface area contributed by atoms with Gasteiger partial charge in [-0.2, -0.15) is 8.78 Å². The molecule has 0 spiro atoms. The van der Waals surface area contributed by atoms with E-state index in [1.54, 1.807) is 6.92 Å². The molecule has 1 saturated heterocycles. The molecule has 0 atom stereocenters. The SMILES string of the molecule is CCOc1cc(/C=C2/SC(=S)N(CC(=O)O)C2=O)ccc1OC(F)F. The Morgan fingerprint density at radius 1 is 1.44 bits per heavy atom. The van der Waals surface area contributed by atoms with E-state index in [9.17, 15) is 18.4 Å². The maximum atomic E-state index is 12.4. The number of alkyl halides is 2. The fourth-order valence-electron chi connectivity index (χ4n) is 2.00. The lowest BCUT2D eigenvalue weighted by Gasteiger charge is -2.12. The van der Waals surface area contributed by atoms with E-state index in [4.69, 9.17) is 22.1 Å². The number of carbonyl (C=O) groups excluding carboxylic acids is 1. The summed E-state index contributed by atoms with van der Waals surface area (Å²) >= 11 is 5.97. The Labute approximate surface area is 151 Å². The minimum atomic E-state index is -2.99. The Hall–Kier alpha value is -2.20. The van der Waals surface area contributed by atoms with Crippen LogP contribution < -0.4 is 9.47 Å². The summed E-state index contributed by atoms with van der Waals surface area (Å²) < 4.78 is 34.6. The molecule has 1 aliphatic heterocycles. The Morgan fingerprint density at radius 3 is 2.76 bits per heavy atom. The zero-order valence-electron chi connectivity index (χ0n) is 12.9. The molecule has 1 N–H and O–H groups in total. The normalized spacial score (nSPS) is 16.0. The number of hydrogen-bond donors (Lipinski definition) is 1. The third-order valence-electron chi connectivity index (χ3n) is 2.95. The quantitative estimate of drug-likeness (QED) is 0.568. The minimum Gasteiger partial charge on any atom is -0.490 e. The zero-order chi connectivity index (χ0) is 18.6. The van der Waals surface area contributed by atoms with Gasteiger partial charge < -0.3 is 14.6 Å². The largest absolute Gasteiger partial charge is 0.490 e. The Bertz CT molecular complexity index is 739. The van der Waals surface area contributed by atoms with E-state index < -0.39 is 25.0 Å². The predicted molar refractivity (Wildman–Crippen MR) is 91.8 cm³/mol. The first-order chi connectivity index (χ1) is 11.8. The molecule has 134 valence electrons. The van der Waals surface area contributed by atoms with Crippen molar-refractivity contribution in [2.45, 2.75) is 13.5 Å². The van der Waals surface area contributed by atoms with Crippen LogP contribution in [0.5, 0.6) is 11.5 Å². The molecule has 25 heavy (non-hydrogen) atoms. The van der Waals surface area contributed by atoms with E-state index in [1.165, 1.54) is 24.3 Å². The predicted octanol–water partition coefficient (Wildman–Crippen LogP) is 2.97. The van der Waals surface area contributed by atoms with Crippen molar-refractivity contribution in [3.63, 3.8) is 0 Å². The first kappa shape index (κ1) is 19.1. The number of thioether (sulfide) groups is 1. The molecule has 0 radical (unpaired) electrons. The van der Waals surface area contributed by atoms with Crippen molar-refractivity contribution in [2.24, 2.45) is 0 Å². The van der Waals surface area contributed by atoms with E-state index in [-0.39, 0.29) is 27.3 Å². The molecule has 1 aromatic carbocycles. The Balaban J connectivity index is 2.28. The van der Waals surface area contributed by atoms with Crippen molar-refractivity contribution in [2.75, 3.05) is 13.2 Å². The summed E-state index contributed by atoms with van der Waals surface area (Å²) in [4.78, 5) is 24.2. The molecule has 0 aliphatic carbocycles. The number of nitrogens with zero attached hydrogens (tertiary/aromatic N) is 1. The second kappa shape index (κ2) is 8.26. The van der Waals surface area contributed by atoms with Crippen LogP contribution in [-0.2, 0) is 9.59 Å². The third kappa shape index (κ3) is 4.89. The summed E-state index contributed by atoms with van der Waals surface area (Å²) in [6.45, 7) is -1.58. The number of aliphatic carboxylic acids is 1. The molecule has 1 aromatic rings. The summed E-state index contributed by atoms with van der Waals surface area (Å²) in [6, 6.07) is 4.23. The Kier molecular flexibility index (Phi) is 6.32. The zero-order valence-corrected chi connectivity index (χ0v) is 14.5. The summed E-state index contributed by atoms with van der Waals surface area (Å²) in [5.74, 6) is -1.71. The number of carboxylic acid groups (broad SMARTS) is 1.